The second kappa shape index (κ2) is 11.7. The monoisotopic (exact) mass is 445 g/mol. The number of nitrogens with two attached hydrogens (primary N) is 1. The summed E-state index contributed by atoms with van der Waals surface area (Å²) in [4.78, 5) is 51.3. The Labute approximate surface area is 188 Å². The number of nitriles is 1. The van der Waals surface area contributed by atoms with Crippen molar-refractivity contribution in [3.63, 3.8) is 0 Å². The number of carbonyl (C=O) groups is 4. The molecule has 0 bridgehead atoms. The minimum Gasteiger partial charge on any atom is -0.444 e. The van der Waals surface area contributed by atoms with Crippen LogP contribution in [0.5, 0.6) is 0 Å². The van der Waals surface area contributed by atoms with Gasteiger partial charge in [-0.2, -0.15) is 5.26 Å². The first-order chi connectivity index (χ1) is 14.9. The Bertz CT molecular complexity index is 858. The summed E-state index contributed by atoms with van der Waals surface area (Å²) in [5.41, 5.74) is 4.89. The van der Waals surface area contributed by atoms with E-state index in [-0.39, 0.29) is 6.04 Å². The van der Waals surface area contributed by atoms with Gasteiger partial charge in [0.05, 0.1) is 12.5 Å². The molecule has 1 aromatic rings. The van der Waals surface area contributed by atoms with Gasteiger partial charge in [-0.05, 0) is 40.2 Å². The number of amides is 4. The van der Waals surface area contributed by atoms with Crippen LogP contribution in [-0.2, 0) is 19.1 Å². The van der Waals surface area contributed by atoms with Crippen LogP contribution in [0.25, 0.3) is 0 Å². The highest BCUT2D eigenvalue weighted by Gasteiger charge is 2.37. The maximum atomic E-state index is 13.4. The zero-order valence-electron chi connectivity index (χ0n) is 19.0. The molecule has 4 amide bonds. The largest absolute Gasteiger partial charge is 0.444 e. The zero-order valence-corrected chi connectivity index (χ0v) is 19.0. The Balaban J connectivity index is 3.37. The normalized spacial score (nSPS) is 12.8. The molecule has 2 atom stereocenters. The van der Waals surface area contributed by atoms with Crippen molar-refractivity contribution in [2.75, 3.05) is 6.54 Å². The molecule has 4 N–H and O–H groups in total. The van der Waals surface area contributed by atoms with Gasteiger partial charge in [0, 0.05) is 6.04 Å². The number of alkyl carbamates (subject to hydrolysis) is 1. The summed E-state index contributed by atoms with van der Waals surface area (Å²) in [7, 11) is 0. The molecule has 0 aliphatic heterocycles. The number of benzene rings is 1. The molecule has 32 heavy (non-hydrogen) atoms. The third-order valence-corrected chi connectivity index (χ3v) is 4.02. The van der Waals surface area contributed by atoms with Crippen LogP contribution in [-0.4, -0.2) is 52.9 Å². The van der Waals surface area contributed by atoms with Crippen molar-refractivity contribution in [3.05, 3.63) is 35.9 Å². The number of nitrogens with zero attached hydrogens (tertiary/aromatic N) is 2. The molecule has 10 nitrogen and oxygen atoms in total. The van der Waals surface area contributed by atoms with Gasteiger partial charge in [0.1, 0.15) is 24.2 Å². The van der Waals surface area contributed by atoms with Crippen molar-refractivity contribution in [2.45, 2.75) is 64.8 Å². The quantitative estimate of drug-likeness (QED) is 0.488. The standard InChI is InChI=1S/C22H31N5O5/c1-14(2)25-19(29)18(15-9-7-6-8-10-15)27(12-11-23)20(30)16(13-17(24)28)26-21(31)32-22(3,4)5/h6-10,14,16,18H,12-13H2,1-5H3,(H2,24,28)(H,25,29)(H,26,31). The lowest BCUT2D eigenvalue weighted by Crippen LogP contribution is -2.54. The fraction of sp³-hybridized carbons (Fsp3) is 0.500. The van der Waals surface area contributed by atoms with Crippen LogP contribution in [0, 0.1) is 11.3 Å². The van der Waals surface area contributed by atoms with Gasteiger partial charge >= 0.3 is 6.09 Å². The predicted molar refractivity (Wildman–Crippen MR) is 117 cm³/mol. The summed E-state index contributed by atoms with van der Waals surface area (Å²) in [6, 6.07) is 7.48. The van der Waals surface area contributed by atoms with Crippen molar-refractivity contribution >= 4 is 23.8 Å². The number of rotatable bonds is 9. The number of nitrogens with one attached hydrogen (secondary N) is 2. The molecule has 2 unspecified atom stereocenters. The number of hydrogen-bond donors (Lipinski definition) is 3. The van der Waals surface area contributed by atoms with Crippen LogP contribution in [0.2, 0.25) is 0 Å². The van der Waals surface area contributed by atoms with Crippen LogP contribution in [0.1, 0.15) is 52.6 Å². The molecule has 0 heterocycles. The Kier molecular flexibility index (Phi) is 9.66. The third kappa shape index (κ3) is 8.63. The molecule has 0 radical (unpaired) electrons. The lowest BCUT2D eigenvalue weighted by atomic mass is 10.0. The smallest absolute Gasteiger partial charge is 0.408 e. The van der Waals surface area contributed by atoms with Crippen molar-refractivity contribution in [2.24, 2.45) is 5.73 Å². The summed E-state index contributed by atoms with van der Waals surface area (Å²) < 4.78 is 5.17. The lowest BCUT2D eigenvalue weighted by molar-refractivity contribution is -0.142. The average molecular weight is 446 g/mol. The average Bonchev–Trinajstić information content (AvgIpc) is 2.65. The van der Waals surface area contributed by atoms with E-state index in [1.54, 1.807) is 65.0 Å². The summed E-state index contributed by atoms with van der Waals surface area (Å²) in [5, 5.41) is 14.4. The zero-order chi connectivity index (χ0) is 24.5. The topological polar surface area (TPSA) is 155 Å². The number of ether oxygens (including phenoxy) is 1. The van der Waals surface area contributed by atoms with Gasteiger partial charge in [-0.25, -0.2) is 4.79 Å². The fourth-order valence-electron chi connectivity index (χ4n) is 2.90. The van der Waals surface area contributed by atoms with E-state index >= 15 is 0 Å². The van der Waals surface area contributed by atoms with Gasteiger partial charge in [0.15, 0.2) is 0 Å². The number of hydrogen-bond acceptors (Lipinski definition) is 6. The van der Waals surface area contributed by atoms with Crippen molar-refractivity contribution in [1.82, 2.24) is 15.5 Å². The second-order valence-electron chi connectivity index (χ2n) is 8.47. The highest BCUT2D eigenvalue weighted by atomic mass is 16.6. The SMILES string of the molecule is CC(C)NC(=O)C(c1ccccc1)N(CC#N)C(=O)C(CC(N)=O)NC(=O)OC(C)(C)C. The highest BCUT2D eigenvalue weighted by molar-refractivity contribution is 5.94. The van der Waals surface area contributed by atoms with Crippen LogP contribution in [0.4, 0.5) is 4.79 Å². The van der Waals surface area contributed by atoms with Gasteiger partial charge in [0.25, 0.3) is 0 Å². The molecule has 0 aliphatic carbocycles. The predicted octanol–water partition coefficient (Wildman–Crippen LogP) is 1.37. The van der Waals surface area contributed by atoms with Crippen LogP contribution in [0.15, 0.2) is 30.3 Å². The first kappa shape index (κ1) is 26.4. The van der Waals surface area contributed by atoms with Crippen LogP contribution < -0.4 is 16.4 Å². The summed E-state index contributed by atoms with van der Waals surface area (Å²) in [5.74, 6) is -2.17. The molecule has 1 rings (SSSR count). The lowest BCUT2D eigenvalue weighted by Gasteiger charge is -2.33. The summed E-state index contributed by atoms with van der Waals surface area (Å²) in [6.45, 7) is 7.98. The van der Waals surface area contributed by atoms with Gasteiger partial charge in [-0.1, -0.05) is 30.3 Å². The molecule has 10 heteroatoms. The van der Waals surface area contributed by atoms with Crippen molar-refractivity contribution in [3.8, 4) is 6.07 Å². The Morgan fingerprint density at radius 1 is 1.12 bits per heavy atom. The molecule has 0 saturated heterocycles. The Morgan fingerprint density at radius 3 is 2.19 bits per heavy atom. The van der Waals surface area contributed by atoms with E-state index in [0.29, 0.717) is 5.56 Å². The minimum absolute atomic E-state index is 0.228. The molecular formula is C22H31N5O5. The maximum absolute atomic E-state index is 13.4. The van der Waals surface area contributed by atoms with Gasteiger partial charge in [-0.3, -0.25) is 14.4 Å². The summed E-state index contributed by atoms with van der Waals surface area (Å²) in [6.07, 6.45) is -1.47. The molecule has 0 aromatic heterocycles. The van der Waals surface area contributed by atoms with Gasteiger partial charge < -0.3 is 26.0 Å². The van der Waals surface area contributed by atoms with E-state index in [2.05, 4.69) is 10.6 Å². The maximum Gasteiger partial charge on any atom is 0.408 e. The van der Waals surface area contributed by atoms with E-state index in [0.717, 1.165) is 4.90 Å². The molecule has 0 aliphatic rings. The van der Waals surface area contributed by atoms with Gasteiger partial charge in [-0.15, -0.1) is 0 Å². The van der Waals surface area contributed by atoms with E-state index in [1.165, 1.54) is 0 Å². The molecule has 0 spiro atoms. The van der Waals surface area contributed by atoms with Crippen molar-refractivity contribution in [1.29, 1.82) is 5.26 Å². The molecular weight excluding hydrogens is 414 g/mol. The van der Waals surface area contributed by atoms with Crippen LogP contribution >= 0.6 is 0 Å². The Morgan fingerprint density at radius 2 is 1.72 bits per heavy atom. The van der Waals surface area contributed by atoms with Crippen LogP contribution in [0.3, 0.4) is 0 Å². The molecule has 1 aromatic carbocycles. The van der Waals surface area contributed by atoms with Crippen molar-refractivity contribution < 1.29 is 23.9 Å². The van der Waals surface area contributed by atoms with E-state index in [4.69, 9.17) is 10.5 Å². The van der Waals surface area contributed by atoms with E-state index in [1.807, 2.05) is 6.07 Å². The molecule has 0 fully saturated rings. The van der Waals surface area contributed by atoms with Gasteiger partial charge in [0.2, 0.25) is 17.7 Å². The first-order valence-electron chi connectivity index (χ1n) is 10.2. The van der Waals surface area contributed by atoms with E-state index in [9.17, 15) is 24.4 Å². The molecule has 174 valence electrons. The number of primary amides is 1. The number of carbonyl (C=O) groups excluding carboxylic acids is 4. The summed E-state index contributed by atoms with van der Waals surface area (Å²) >= 11 is 0. The third-order valence-electron chi connectivity index (χ3n) is 4.02. The molecule has 0 saturated carbocycles. The second-order valence-corrected chi connectivity index (χ2v) is 8.47. The highest BCUT2D eigenvalue weighted by Crippen LogP contribution is 2.23. The van der Waals surface area contributed by atoms with E-state index < -0.39 is 54.5 Å². The minimum atomic E-state index is -1.42. The first-order valence-corrected chi connectivity index (χ1v) is 10.2. The fourth-order valence-corrected chi connectivity index (χ4v) is 2.90. The Hall–Kier alpha value is -3.61.